The molecule has 2 aromatic heterocycles. The molecule has 56 heavy (non-hydrogen) atoms. The van der Waals surface area contributed by atoms with Crippen LogP contribution >= 0.6 is 0 Å². The molecule has 0 amide bonds. The van der Waals surface area contributed by atoms with Gasteiger partial charge >= 0.3 is 14.0 Å². The van der Waals surface area contributed by atoms with Crippen molar-refractivity contribution >= 4 is 92.5 Å². The lowest BCUT2D eigenvalue weighted by atomic mass is 9.60. The summed E-state index contributed by atoms with van der Waals surface area (Å²) in [6, 6.07) is 70.3. The number of benzene rings is 7. The van der Waals surface area contributed by atoms with E-state index in [0.717, 1.165) is 22.7 Å². The van der Waals surface area contributed by atoms with E-state index < -0.39 is 0 Å². The summed E-state index contributed by atoms with van der Waals surface area (Å²) >= 11 is 0. The third-order valence-electron chi connectivity index (χ3n) is 11.7. The molecule has 8 heteroatoms. The molecule has 0 N–H and O–H groups in total. The molecule has 0 atom stereocenters. The first-order valence-corrected chi connectivity index (χ1v) is 19.3. The fourth-order valence-corrected chi connectivity index (χ4v) is 9.31. The van der Waals surface area contributed by atoms with Gasteiger partial charge in [0.05, 0.1) is 22.4 Å². The van der Waals surface area contributed by atoms with Crippen LogP contribution in [0.4, 0.5) is 45.8 Å². The van der Waals surface area contributed by atoms with Crippen molar-refractivity contribution in [2.75, 3.05) is 19.2 Å². The first-order chi connectivity index (χ1) is 27.7. The van der Waals surface area contributed by atoms with Crippen LogP contribution in [0.15, 0.2) is 194 Å². The number of aromatic nitrogens is 2. The standard InChI is InChI=1S/C48H38B2N6/c1-51-43-29-17-15-27-41(43)45-47(51)55(39-23-11-5-12-24-39)49(53(45)37-19-7-3-8-20-37)35-31-33-36(34-32-35)50-54(38-21-9-4-10-22-38)46-42-28-16-18-30-44(42)52(2)48(46)56(50)40-25-13-6-14-26-40/h3-34H,1-2H3. The quantitative estimate of drug-likeness (QED) is 0.160. The minimum atomic E-state index is -0.130. The van der Waals surface area contributed by atoms with Crippen LogP contribution in [0.3, 0.4) is 0 Å². The lowest BCUT2D eigenvalue weighted by molar-refractivity contribution is 0.964. The van der Waals surface area contributed by atoms with Gasteiger partial charge in [0.15, 0.2) is 0 Å². The summed E-state index contributed by atoms with van der Waals surface area (Å²) in [5.41, 5.74) is 11.9. The fourth-order valence-electron chi connectivity index (χ4n) is 9.31. The first kappa shape index (κ1) is 32.4. The van der Waals surface area contributed by atoms with E-state index in [-0.39, 0.29) is 14.0 Å². The van der Waals surface area contributed by atoms with E-state index in [1.807, 2.05) is 0 Å². The van der Waals surface area contributed by atoms with Gasteiger partial charge < -0.3 is 28.4 Å². The monoisotopic (exact) mass is 720 g/mol. The highest BCUT2D eigenvalue weighted by Gasteiger charge is 2.49. The van der Waals surface area contributed by atoms with Crippen LogP contribution in [0, 0.1) is 0 Å². The second-order valence-corrected chi connectivity index (χ2v) is 14.7. The summed E-state index contributed by atoms with van der Waals surface area (Å²) in [6.07, 6.45) is 0. The van der Waals surface area contributed by atoms with Crippen molar-refractivity contribution in [2.24, 2.45) is 14.1 Å². The number of rotatable bonds is 6. The predicted molar refractivity (Wildman–Crippen MR) is 237 cm³/mol. The molecule has 7 aromatic carbocycles. The summed E-state index contributed by atoms with van der Waals surface area (Å²) in [5, 5.41) is 2.48. The molecule has 0 radical (unpaired) electrons. The Morgan fingerprint density at radius 1 is 0.304 bits per heavy atom. The van der Waals surface area contributed by atoms with Gasteiger partial charge in [0.2, 0.25) is 0 Å². The average Bonchev–Trinajstić information content (AvgIpc) is 3.98. The third kappa shape index (κ3) is 4.72. The van der Waals surface area contributed by atoms with Crippen LogP contribution in [0.5, 0.6) is 0 Å². The number of hydrogen-bond acceptors (Lipinski definition) is 4. The van der Waals surface area contributed by atoms with Gasteiger partial charge in [0, 0.05) is 47.6 Å². The number of para-hydroxylation sites is 6. The predicted octanol–water partition coefficient (Wildman–Crippen LogP) is 10.0. The first-order valence-electron chi connectivity index (χ1n) is 19.3. The van der Waals surface area contributed by atoms with Crippen molar-refractivity contribution < 1.29 is 0 Å². The van der Waals surface area contributed by atoms with Gasteiger partial charge in [-0.1, -0.05) is 133 Å². The van der Waals surface area contributed by atoms with E-state index >= 15 is 0 Å². The van der Waals surface area contributed by atoms with Gasteiger partial charge in [-0.15, -0.1) is 0 Å². The number of nitrogens with zero attached hydrogens (tertiary/aromatic N) is 6. The van der Waals surface area contributed by atoms with Gasteiger partial charge in [-0.05, 0) is 71.6 Å². The van der Waals surface area contributed by atoms with Crippen LogP contribution in [-0.2, 0) is 14.1 Å². The van der Waals surface area contributed by atoms with E-state index in [1.165, 1.54) is 55.7 Å². The topological polar surface area (TPSA) is 22.8 Å². The maximum Gasteiger partial charge on any atom is 0.421 e. The second kappa shape index (κ2) is 12.8. The Hall–Kier alpha value is -7.05. The van der Waals surface area contributed by atoms with Gasteiger partial charge in [0.25, 0.3) is 0 Å². The van der Waals surface area contributed by atoms with Crippen molar-refractivity contribution in [3.8, 4) is 0 Å². The fraction of sp³-hybridized carbons (Fsp3) is 0.0417. The van der Waals surface area contributed by atoms with E-state index in [4.69, 9.17) is 0 Å². The minimum Gasteiger partial charge on any atom is -0.358 e. The normalized spacial score (nSPS) is 13.7. The molecule has 0 spiro atoms. The van der Waals surface area contributed by atoms with Gasteiger partial charge in [0.1, 0.15) is 11.6 Å². The van der Waals surface area contributed by atoms with Crippen LogP contribution in [-0.4, -0.2) is 23.1 Å². The zero-order chi connectivity index (χ0) is 37.3. The molecule has 6 nitrogen and oxygen atoms in total. The molecular formula is C48H38B2N6. The van der Waals surface area contributed by atoms with E-state index in [2.05, 4.69) is 237 Å². The van der Waals surface area contributed by atoms with Crippen LogP contribution in [0.1, 0.15) is 0 Å². The number of fused-ring (bicyclic) bond motifs is 6. The molecule has 0 unspecified atom stereocenters. The second-order valence-electron chi connectivity index (χ2n) is 14.7. The molecule has 2 aliphatic rings. The highest BCUT2D eigenvalue weighted by atomic mass is 15.4. The van der Waals surface area contributed by atoms with Crippen LogP contribution in [0.25, 0.3) is 21.8 Å². The Labute approximate surface area is 327 Å². The SMILES string of the molecule is Cn1c2c(c3ccccc31)N(c1ccccc1)B(c1ccc(B3N(c4ccccc4)c4c(n(C)c5ccccc45)N3c3ccccc3)cc1)N2c1ccccc1. The molecule has 2 aliphatic heterocycles. The van der Waals surface area contributed by atoms with Crippen molar-refractivity contribution in [1.29, 1.82) is 0 Å². The molecule has 266 valence electrons. The molecule has 4 heterocycles. The maximum atomic E-state index is 2.53. The summed E-state index contributed by atoms with van der Waals surface area (Å²) < 4.78 is 4.72. The van der Waals surface area contributed by atoms with Crippen LogP contribution in [0.2, 0.25) is 0 Å². The Morgan fingerprint density at radius 2 is 0.589 bits per heavy atom. The van der Waals surface area contributed by atoms with Crippen molar-refractivity contribution in [2.45, 2.75) is 0 Å². The molecule has 11 rings (SSSR count). The number of anilines is 8. The van der Waals surface area contributed by atoms with Crippen LogP contribution < -0.4 is 30.2 Å². The molecule has 0 aliphatic carbocycles. The smallest absolute Gasteiger partial charge is 0.358 e. The zero-order valence-corrected chi connectivity index (χ0v) is 31.3. The average molecular weight is 720 g/mol. The Bertz CT molecular complexity index is 2660. The Kier molecular flexibility index (Phi) is 7.39. The molecule has 9 aromatic rings. The Morgan fingerprint density at radius 3 is 0.929 bits per heavy atom. The molecular weight excluding hydrogens is 682 g/mol. The lowest BCUT2D eigenvalue weighted by Gasteiger charge is -2.33. The number of aryl methyl sites for hydroxylation is 2. The van der Waals surface area contributed by atoms with Gasteiger partial charge in [-0.2, -0.15) is 0 Å². The lowest BCUT2D eigenvalue weighted by Crippen LogP contribution is -2.56. The zero-order valence-electron chi connectivity index (χ0n) is 31.3. The largest absolute Gasteiger partial charge is 0.421 e. The minimum absolute atomic E-state index is 0.130. The van der Waals surface area contributed by atoms with E-state index in [1.54, 1.807) is 0 Å². The summed E-state index contributed by atoms with van der Waals surface area (Å²) in [6.45, 7) is -0.260. The van der Waals surface area contributed by atoms with Crippen molar-refractivity contribution in [3.63, 3.8) is 0 Å². The van der Waals surface area contributed by atoms with Crippen molar-refractivity contribution in [3.05, 3.63) is 194 Å². The highest BCUT2D eigenvalue weighted by molar-refractivity contribution is 6.86. The summed E-state index contributed by atoms with van der Waals surface area (Å²) in [5.74, 6) is 2.36. The third-order valence-corrected chi connectivity index (χ3v) is 11.7. The van der Waals surface area contributed by atoms with Crippen molar-refractivity contribution in [1.82, 2.24) is 9.13 Å². The van der Waals surface area contributed by atoms with Gasteiger partial charge in [-0.25, -0.2) is 0 Å². The summed E-state index contributed by atoms with van der Waals surface area (Å²) in [4.78, 5) is 10.1. The molecule has 0 bridgehead atoms. The number of hydrogen-bond donors (Lipinski definition) is 0. The highest BCUT2D eigenvalue weighted by Crippen LogP contribution is 2.53. The Balaban J connectivity index is 1.11. The van der Waals surface area contributed by atoms with Gasteiger partial charge in [-0.3, -0.25) is 0 Å². The molecule has 0 fully saturated rings. The van der Waals surface area contributed by atoms with E-state index in [0.29, 0.717) is 0 Å². The molecule has 0 saturated carbocycles. The maximum absolute atomic E-state index is 2.53. The van der Waals surface area contributed by atoms with E-state index in [9.17, 15) is 0 Å². The molecule has 0 saturated heterocycles. The summed E-state index contributed by atoms with van der Waals surface area (Å²) in [7, 11) is 4.40.